The third-order valence-electron chi connectivity index (χ3n) is 4.74. The van der Waals surface area contributed by atoms with Gasteiger partial charge in [-0.25, -0.2) is 4.79 Å². The van der Waals surface area contributed by atoms with Gasteiger partial charge >= 0.3 is 5.69 Å². The lowest BCUT2D eigenvalue weighted by atomic mass is 10.1. The van der Waals surface area contributed by atoms with E-state index in [-0.39, 0.29) is 5.56 Å². The second kappa shape index (κ2) is 8.05. The van der Waals surface area contributed by atoms with Gasteiger partial charge in [-0.1, -0.05) is 36.5 Å². The van der Waals surface area contributed by atoms with E-state index in [9.17, 15) is 9.59 Å². The summed E-state index contributed by atoms with van der Waals surface area (Å²) in [5.74, 6) is 0.724. The molecular weight excluding hydrogens is 392 g/mol. The fourth-order valence-corrected chi connectivity index (χ4v) is 3.29. The summed E-state index contributed by atoms with van der Waals surface area (Å²) in [6.07, 6.45) is 2.78. The number of aromatic nitrogens is 4. The van der Waals surface area contributed by atoms with E-state index in [1.165, 1.54) is 4.57 Å². The maximum absolute atomic E-state index is 12.7. The molecule has 0 saturated carbocycles. The van der Waals surface area contributed by atoms with Crippen molar-refractivity contribution in [1.82, 2.24) is 19.7 Å². The van der Waals surface area contributed by atoms with Gasteiger partial charge in [0.05, 0.1) is 10.9 Å². The van der Waals surface area contributed by atoms with Gasteiger partial charge in [-0.2, -0.15) is 4.98 Å². The van der Waals surface area contributed by atoms with Crippen molar-refractivity contribution < 1.29 is 4.52 Å². The van der Waals surface area contributed by atoms with E-state index < -0.39 is 5.69 Å². The molecule has 2 aromatic heterocycles. The maximum Gasteiger partial charge on any atom is 0.328 e. The van der Waals surface area contributed by atoms with Crippen LogP contribution in [0.1, 0.15) is 26.2 Å². The summed E-state index contributed by atoms with van der Waals surface area (Å²) >= 11 is 5.91. The lowest BCUT2D eigenvalue weighted by Gasteiger charge is -2.06. The van der Waals surface area contributed by atoms with Gasteiger partial charge in [0.1, 0.15) is 0 Å². The van der Waals surface area contributed by atoms with Gasteiger partial charge in [0.25, 0.3) is 11.4 Å². The molecule has 8 heteroatoms. The standard InChI is InChI=1S/C21H19ClN4O3/c1-2-3-4-11-26-20(27)16-10-7-14(12-17(16)23-21(26)28)19-24-18(25-29-19)13-5-8-15(22)9-6-13/h5-10,12H,2-4,11H2,1H3,(H,23,28). The monoisotopic (exact) mass is 410 g/mol. The van der Waals surface area contributed by atoms with Gasteiger partial charge in [0, 0.05) is 22.7 Å². The zero-order chi connectivity index (χ0) is 20.4. The van der Waals surface area contributed by atoms with Crippen LogP contribution < -0.4 is 11.2 Å². The molecule has 148 valence electrons. The summed E-state index contributed by atoms with van der Waals surface area (Å²) in [6, 6.07) is 12.2. The van der Waals surface area contributed by atoms with Crippen molar-refractivity contribution in [2.24, 2.45) is 0 Å². The number of nitrogens with one attached hydrogen (secondary N) is 1. The second-order valence-corrected chi connectivity index (χ2v) is 7.22. The topological polar surface area (TPSA) is 93.8 Å². The van der Waals surface area contributed by atoms with Gasteiger partial charge in [0.15, 0.2) is 0 Å². The summed E-state index contributed by atoms with van der Waals surface area (Å²) in [6.45, 7) is 2.48. The Morgan fingerprint density at radius 2 is 1.83 bits per heavy atom. The Morgan fingerprint density at radius 3 is 2.59 bits per heavy atom. The van der Waals surface area contributed by atoms with Crippen LogP contribution in [0.2, 0.25) is 5.02 Å². The molecule has 0 bridgehead atoms. The van der Waals surface area contributed by atoms with Crippen LogP contribution in [-0.4, -0.2) is 19.7 Å². The third-order valence-corrected chi connectivity index (χ3v) is 4.99. The Morgan fingerprint density at radius 1 is 1.07 bits per heavy atom. The molecule has 2 heterocycles. The Bertz CT molecular complexity index is 1270. The Labute approximate surface area is 171 Å². The molecule has 0 spiro atoms. The molecule has 0 aliphatic rings. The van der Waals surface area contributed by atoms with E-state index in [0.717, 1.165) is 24.8 Å². The minimum absolute atomic E-state index is 0.293. The average molecular weight is 411 g/mol. The highest BCUT2D eigenvalue weighted by Crippen LogP contribution is 2.24. The molecule has 4 rings (SSSR count). The lowest BCUT2D eigenvalue weighted by molar-refractivity contribution is 0.432. The molecular formula is C21H19ClN4O3. The molecule has 2 aromatic carbocycles. The van der Waals surface area contributed by atoms with Crippen LogP contribution in [0.3, 0.4) is 0 Å². The minimum atomic E-state index is -0.414. The number of unbranched alkanes of at least 4 members (excludes halogenated alkanes) is 2. The number of hydrogen-bond acceptors (Lipinski definition) is 5. The lowest BCUT2D eigenvalue weighted by Crippen LogP contribution is -2.35. The first-order chi connectivity index (χ1) is 14.1. The summed E-state index contributed by atoms with van der Waals surface area (Å²) in [4.78, 5) is 32.2. The molecule has 0 unspecified atom stereocenters. The van der Waals surface area contributed by atoms with Crippen molar-refractivity contribution in [2.45, 2.75) is 32.7 Å². The van der Waals surface area contributed by atoms with Crippen molar-refractivity contribution in [3.05, 3.63) is 68.3 Å². The number of halogens is 1. The van der Waals surface area contributed by atoms with E-state index >= 15 is 0 Å². The molecule has 0 amide bonds. The fourth-order valence-electron chi connectivity index (χ4n) is 3.17. The quantitative estimate of drug-likeness (QED) is 0.479. The predicted octanol–water partition coefficient (Wildman–Crippen LogP) is 4.25. The molecule has 4 aromatic rings. The Balaban J connectivity index is 1.69. The van der Waals surface area contributed by atoms with Crippen molar-refractivity contribution >= 4 is 22.5 Å². The minimum Gasteiger partial charge on any atom is -0.334 e. The smallest absolute Gasteiger partial charge is 0.328 e. The number of nitrogens with zero attached hydrogens (tertiary/aromatic N) is 3. The summed E-state index contributed by atoms with van der Waals surface area (Å²) in [5.41, 5.74) is 1.12. The molecule has 29 heavy (non-hydrogen) atoms. The van der Waals surface area contributed by atoms with Crippen molar-refractivity contribution in [3.63, 3.8) is 0 Å². The summed E-state index contributed by atoms with van der Waals surface area (Å²) in [5, 5.41) is 5.06. The summed E-state index contributed by atoms with van der Waals surface area (Å²) in [7, 11) is 0. The van der Waals surface area contributed by atoms with Crippen LogP contribution in [0.5, 0.6) is 0 Å². The van der Waals surface area contributed by atoms with E-state index in [0.29, 0.717) is 39.7 Å². The largest absolute Gasteiger partial charge is 0.334 e. The van der Waals surface area contributed by atoms with Crippen molar-refractivity contribution in [1.29, 1.82) is 0 Å². The van der Waals surface area contributed by atoms with Crippen LogP contribution in [0.15, 0.2) is 56.6 Å². The first-order valence-electron chi connectivity index (χ1n) is 9.43. The molecule has 7 nitrogen and oxygen atoms in total. The number of rotatable bonds is 6. The molecule has 0 fully saturated rings. The van der Waals surface area contributed by atoms with Gasteiger partial charge in [-0.05, 0) is 48.9 Å². The van der Waals surface area contributed by atoms with E-state index in [2.05, 4.69) is 22.0 Å². The van der Waals surface area contributed by atoms with E-state index in [4.69, 9.17) is 16.1 Å². The van der Waals surface area contributed by atoms with E-state index in [1.54, 1.807) is 42.5 Å². The zero-order valence-electron chi connectivity index (χ0n) is 15.8. The molecule has 0 atom stereocenters. The zero-order valence-corrected chi connectivity index (χ0v) is 16.6. The molecule has 0 radical (unpaired) electrons. The van der Waals surface area contributed by atoms with Crippen LogP contribution in [-0.2, 0) is 6.54 Å². The number of aromatic amines is 1. The summed E-state index contributed by atoms with van der Waals surface area (Å²) < 4.78 is 6.62. The Hall–Kier alpha value is -3.19. The highest BCUT2D eigenvalue weighted by atomic mass is 35.5. The second-order valence-electron chi connectivity index (χ2n) is 6.78. The SMILES string of the molecule is CCCCCn1c(=O)[nH]c2cc(-c3nc(-c4ccc(Cl)cc4)no3)ccc2c1=O. The van der Waals surface area contributed by atoms with Crippen LogP contribution in [0.4, 0.5) is 0 Å². The van der Waals surface area contributed by atoms with Gasteiger partial charge in [-0.15, -0.1) is 0 Å². The first-order valence-corrected chi connectivity index (χ1v) is 9.81. The normalized spacial score (nSPS) is 11.2. The first kappa shape index (κ1) is 19.1. The maximum atomic E-state index is 12.7. The molecule has 0 aliphatic heterocycles. The van der Waals surface area contributed by atoms with Crippen molar-refractivity contribution in [3.8, 4) is 22.8 Å². The predicted molar refractivity (Wildman–Crippen MR) is 112 cm³/mol. The van der Waals surface area contributed by atoms with Gasteiger partial charge in [-0.3, -0.25) is 9.36 Å². The van der Waals surface area contributed by atoms with Gasteiger partial charge < -0.3 is 9.51 Å². The van der Waals surface area contributed by atoms with Crippen LogP contribution in [0.25, 0.3) is 33.7 Å². The van der Waals surface area contributed by atoms with Crippen molar-refractivity contribution in [2.75, 3.05) is 0 Å². The highest BCUT2D eigenvalue weighted by Gasteiger charge is 2.13. The average Bonchev–Trinajstić information content (AvgIpc) is 3.21. The third kappa shape index (κ3) is 3.86. The number of fused-ring (bicyclic) bond motifs is 1. The number of H-pyrrole nitrogens is 1. The Kier molecular flexibility index (Phi) is 5.31. The van der Waals surface area contributed by atoms with E-state index in [1.807, 2.05) is 0 Å². The number of hydrogen-bond donors (Lipinski definition) is 1. The van der Waals surface area contributed by atoms with Crippen LogP contribution in [0, 0.1) is 0 Å². The molecule has 0 aliphatic carbocycles. The number of benzene rings is 2. The van der Waals surface area contributed by atoms with Crippen LogP contribution >= 0.6 is 11.6 Å². The van der Waals surface area contributed by atoms with Gasteiger partial charge in [0.2, 0.25) is 5.82 Å². The molecule has 1 N–H and O–H groups in total. The molecule has 0 saturated heterocycles. The fraction of sp³-hybridized carbons (Fsp3) is 0.238. The highest BCUT2D eigenvalue weighted by molar-refractivity contribution is 6.30.